The van der Waals surface area contributed by atoms with E-state index in [0.717, 1.165) is 6.42 Å². The Labute approximate surface area is 206 Å². The van der Waals surface area contributed by atoms with Crippen LogP contribution in [0.15, 0.2) is 0 Å². The first-order valence-corrected chi connectivity index (χ1v) is 13.0. The number of hydrogen-bond acceptors (Lipinski definition) is 4. The van der Waals surface area contributed by atoms with E-state index in [1.807, 2.05) is 27.7 Å². The molecule has 5 heteroatoms. The molecule has 2 N–H and O–H groups in total. The van der Waals surface area contributed by atoms with Gasteiger partial charge in [-0.05, 0) is 84.5 Å². The third-order valence-electron chi connectivity index (χ3n) is 8.28. The first-order chi connectivity index (χ1) is 14.7. The van der Waals surface area contributed by atoms with Gasteiger partial charge in [0.05, 0.1) is 16.7 Å². The standard InChI is InChI=1S/C28H58N2O3/c1-20(2)22(5)19-23(6)28(13,14)33-17-15-25(7,8)24(31)30(29)26(9,10)16-18-32-27(11,12)21(3)4/h20-23H,15-19,29H2,1-14H3. The van der Waals surface area contributed by atoms with Crippen LogP contribution in [0.25, 0.3) is 0 Å². The fourth-order valence-electron chi connectivity index (χ4n) is 3.38. The lowest BCUT2D eigenvalue weighted by Gasteiger charge is -2.41. The molecule has 33 heavy (non-hydrogen) atoms. The summed E-state index contributed by atoms with van der Waals surface area (Å²) in [6, 6.07) is 0. The molecule has 2 unspecified atom stereocenters. The molecule has 0 heterocycles. The molecule has 0 radical (unpaired) electrons. The van der Waals surface area contributed by atoms with Crippen molar-refractivity contribution >= 4 is 5.91 Å². The molecule has 0 bridgehead atoms. The summed E-state index contributed by atoms with van der Waals surface area (Å²) < 4.78 is 12.4. The number of nitrogens with zero attached hydrogens (tertiary/aromatic N) is 1. The van der Waals surface area contributed by atoms with E-state index in [9.17, 15) is 4.79 Å². The molecule has 0 aliphatic carbocycles. The molecule has 198 valence electrons. The monoisotopic (exact) mass is 470 g/mol. The molecule has 1 amide bonds. The number of nitrogens with two attached hydrogens (primary N) is 1. The number of ether oxygens (including phenoxy) is 2. The Bertz CT molecular complexity index is 594. The zero-order valence-electron chi connectivity index (χ0n) is 24.6. The molecule has 0 aromatic rings. The maximum atomic E-state index is 13.3. The quantitative estimate of drug-likeness (QED) is 0.162. The second-order valence-electron chi connectivity index (χ2n) is 13.3. The summed E-state index contributed by atoms with van der Waals surface area (Å²) in [4.78, 5) is 13.3. The van der Waals surface area contributed by atoms with Gasteiger partial charge in [0.15, 0.2) is 0 Å². The molecule has 0 aliphatic heterocycles. The average Bonchev–Trinajstić information content (AvgIpc) is 2.65. The maximum absolute atomic E-state index is 13.3. The van der Waals surface area contributed by atoms with Crippen LogP contribution in [0.5, 0.6) is 0 Å². The largest absolute Gasteiger partial charge is 0.375 e. The predicted molar refractivity (Wildman–Crippen MR) is 141 cm³/mol. The molecule has 0 saturated carbocycles. The van der Waals surface area contributed by atoms with Crippen LogP contribution in [0.1, 0.15) is 116 Å². The molecule has 0 fully saturated rings. The summed E-state index contributed by atoms with van der Waals surface area (Å²) >= 11 is 0. The van der Waals surface area contributed by atoms with Crippen LogP contribution < -0.4 is 5.84 Å². The summed E-state index contributed by atoms with van der Waals surface area (Å²) in [6.07, 6.45) is 2.44. The van der Waals surface area contributed by atoms with E-state index in [-0.39, 0.29) is 17.1 Å². The van der Waals surface area contributed by atoms with Crippen LogP contribution in [0.3, 0.4) is 0 Å². The summed E-state index contributed by atoms with van der Waals surface area (Å²) in [5.74, 6) is 8.49. The van der Waals surface area contributed by atoms with Crippen LogP contribution in [0.2, 0.25) is 0 Å². The van der Waals surface area contributed by atoms with Crippen LogP contribution >= 0.6 is 0 Å². The Balaban J connectivity index is 4.89. The summed E-state index contributed by atoms with van der Waals surface area (Å²) in [5.41, 5.74) is -1.53. The van der Waals surface area contributed by atoms with Crippen LogP contribution in [-0.2, 0) is 14.3 Å². The van der Waals surface area contributed by atoms with E-state index in [4.69, 9.17) is 15.3 Å². The highest BCUT2D eigenvalue weighted by atomic mass is 16.5. The molecule has 0 aliphatic rings. The summed E-state index contributed by atoms with van der Waals surface area (Å²) in [7, 11) is 0. The Hall–Kier alpha value is -0.650. The van der Waals surface area contributed by atoms with E-state index in [2.05, 4.69) is 69.2 Å². The molecule has 0 aromatic carbocycles. The fraction of sp³-hybridized carbons (Fsp3) is 0.964. The highest BCUT2D eigenvalue weighted by Gasteiger charge is 2.38. The van der Waals surface area contributed by atoms with E-state index < -0.39 is 11.0 Å². The van der Waals surface area contributed by atoms with Crippen molar-refractivity contribution in [1.29, 1.82) is 0 Å². The Morgan fingerprint density at radius 3 is 1.70 bits per heavy atom. The molecule has 0 rings (SSSR count). The van der Waals surface area contributed by atoms with Crippen molar-refractivity contribution in [1.82, 2.24) is 5.01 Å². The lowest BCUT2D eigenvalue weighted by atomic mass is 9.81. The SMILES string of the molecule is CC(C)C(C)CC(C)C(C)(C)OCCC(C)(C)C(=O)N(N)C(C)(C)CCOC(C)(C)C(C)C. The van der Waals surface area contributed by atoms with Gasteiger partial charge in [-0.25, -0.2) is 5.84 Å². The second-order valence-corrected chi connectivity index (χ2v) is 13.3. The highest BCUT2D eigenvalue weighted by molar-refractivity contribution is 5.82. The van der Waals surface area contributed by atoms with E-state index in [1.54, 1.807) is 0 Å². The lowest BCUT2D eigenvalue weighted by molar-refractivity contribution is -0.150. The molecule has 0 saturated heterocycles. The van der Waals surface area contributed by atoms with Gasteiger partial charge in [0.25, 0.3) is 0 Å². The van der Waals surface area contributed by atoms with Gasteiger partial charge in [0.1, 0.15) is 0 Å². The molecular weight excluding hydrogens is 412 g/mol. The van der Waals surface area contributed by atoms with E-state index in [0.29, 0.717) is 49.7 Å². The zero-order valence-corrected chi connectivity index (χ0v) is 24.6. The van der Waals surface area contributed by atoms with Crippen molar-refractivity contribution in [2.45, 2.75) is 133 Å². The summed E-state index contributed by atoms with van der Waals surface area (Å²) in [6.45, 7) is 31.0. The van der Waals surface area contributed by atoms with Gasteiger partial charge < -0.3 is 9.47 Å². The number of carbonyl (C=O) groups is 1. The molecular formula is C28H58N2O3. The van der Waals surface area contributed by atoms with Crippen molar-refractivity contribution in [3.05, 3.63) is 0 Å². The second kappa shape index (κ2) is 12.4. The van der Waals surface area contributed by atoms with Crippen molar-refractivity contribution in [3.63, 3.8) is 0 Å². The van der Waals surface area contributed by atoms with Gasteiger partial charge in [-0.2, -0.15) is 0 Å². The van der Waals surface area contributed by atoms with E-state index >= 15 is 0 Å². The number of hydrogen-bond donors (Lipinski definition) is 1. The smallest absolute Gasteiger partial charge is 0.242 e. The highest BCUT2D eigenvalue weighted by Crippen LogP contribution is 2.32. The number of rotatable bonds is 15. The minimum atomic E-state index is -0.603. The lowest BCUT2D eigenvalue weighted by Crippen LogP contribution is -2.57. The topological polar surface area (TPSA) is 64.8 Å². The number of hydrazine groups is 1. The van der Waals surface area contributed by atoms with Gasteiger partial charge in [-0.3, -0.25) is 9.80 Å². The third-order valence-corrected chi connectivity index (χ3v) is 8.28. The fourth-order valence-corrected chi connectivity index (χ4v) is 3.38. The number of amides is 1. The van der Waals surface area contributed by atoms with E-state index in [1.165, 1.54) is 5.01 Å². The average molecular weight is 471 g/mol. The zero-order chi connectivity index (χ0) is 26.4. The van der Waals surface area contributed by atoms with Gasteiger partial charge in [-0.15, -0.1) is 0 Å². The Kier molecular flexibility index (Phi) is 12.1. The predicted octanol–water partition coefficient (Wildman–Crippen LogP) is 6.84. The van der Waals surface area contributed by atoms with Crippen molar-refractivity contribution < 1.29 is 14.3 Å². The van der Waals surface area contributed by atoms with Crippen LogP contribution in [0, 0.1) is 29.1 Å². The molecule has 0 spiro atoms. The normalized spacial score (nSPS) is 15.8. The summed E-state index contributed by atoms with van der Waals surface area (Å²) in [5, 5.41) is 1.41. The third kappa shape index (κ3) is 10.2. The number of carbonyl (C=O) groups excluding carboxylic acids is 1. The van der Waals surface area contributed by atoms with Gasteiger partial charge in [-0.1, -0.05) is 55.4 Å². The molecule has 2 atom stereocenters. The maximum Gasteiger partial charge on any atom is 0.242 e. The minimum absolute atomic E-state index is 0.0569. The first kappa shape index (κ1) is 32.4. The van der Waals surface area contributed by atoms with Crippen molar-refractivity contribution in [3.8, 4) is 0 Å². The van der Waals surface area contributed by atoms with Gasteiger partial charge in [0.2, 0.25) is 5.91 Å². The van der Waals surface area contributed by atoms with Gasteiger partial charge in [0, 0.05) is 18.6 Å². The Morgan fingerprint density at radius 2 is 1.24 bits per heavy atom. The first-order valence-electron chi connectivity index (χ1n) is 13.0. The molecule has 0 aromatic heterocycles. The Morgan fingerprint density at radius 1 is 0.788 bits per heavy atom. The van der Waals surface area contributed by atoms with Gasteiger partial charge >= 0.3 is 0 Å². The minimum Gasteiger partial charge on any atom is -0.375 e. The van der Waals surface area contributed by atoms with Crippen LogP contribution in [0.4, 0.5) is 0 Å². The van der Waals surface area contributed by atoms with Crippen LogP contribution in [-0.4, -0.2) is 40.9 Å². The van der Waals surface area contributed by atoms with Crippen molar-refractivity contribution in [2.24, 2.45) is 34.9 Å². The van der Waals surface area contributed by atoms with Crippen molar-refractivity contribution in [2.75, 3.05) is 13.2 Å². The molecule has 5 nitrogen and oxygen atoms in total.